The van der Waals surface area contributed by atoms with Crippen LogP contribution in [0.15, 0.2) is 12.1 Å². The molecular formula is C12H12Cl2N2O2S2. The van der Waals surface area contributed by atoms with Crippen LogP contribution in [0.5, 0.6) is 0 Å². The van der Waals surface area contributed by atoms with Gasteiger partial charge >= 0.3 is 0 Å². The Balaban J connectivity index is 2.10. The average Bonchev–Trinajstić information content (AvgIpc) is 2.83. The molecule has 0 bridgehead atoms. The molecular weight excluding hydrogens is 339 g/mol. The molecule has 1 atom stereocenters. The van der Waals surface area contributed by atoms with Crippen molar-refractivity contribution in [2.75, 3.05) is 5.75 Å². The van der Waals surface area contributed by atoms with Crippen molar-refractivity contribution in [3.8, 4) is 0 Å². The molecule has 20 heavy (non-hydrogen) atoms. The summed E-state index contributed by atoms with van der Waals surface area (Å²) in [6.45, 7) is 0.360. The van der Waals surface area contributed by atoms with Gasteiger partial charge in [-0.2, -0.15) is 0 Å². The highest BCUT2D eigenvalue weighted by atomic mass is 35.5. The first-order chi connectivity index (χ1) is 9.38. The standard InChI is InChI=1S/C12H12Cl2N2O2S2/c13-8-4-10-11(5-9(8)14)16(12(19)15-10)6-7-2-1-3-20(7,17)18/h4-5,7H,1-3,6H2,(H,15,19). The third-order valence-electron chi connectivity index (χ3n) is 3.67. The van der Waals surface area contributed by atoms with Gasteiger partial charge in [-0.25, -0.2) is 8.42 Å². The molecule has 0 spiro atoms. The van der Waals surface area contributed by atoms with Gasteiger partial charge < -0.3 is 9.55 Å². The molecule has 108 valence electrons. The molecule has 1 aliphatic heterocycles. The first-order valence-corrected chi connectivity index (χ1v) is 9.05. The van der Waals surface area contributed by atoms with Gasteiger partial charge in [0.2, 0.25) is 0 Å². The van der Waals surface area contributed by atoms with Crippen molar-refractivity contribution >= 4 is 56.3 Å². The maximum absolute atomic E-state index is 12.0. The summed E-state index contributed by atoms with van der Waals surface area (Å²) in [5.41, 5.74) is 1.55. The van der Waals surface area contributed by atoms with Gasteiger partial charge in [0.1, 0.15) is 0 Å². The first-order valence-electron chi connectivity index (χ1n) is 6.17. The van der Waals surface area contributed by atoms with Gasteiger partial charge in [0.25, 0.3) is 0 Å². The van der Waals surface area contributed by atoms with Crippen LogP contribution in [0.25, 0.3) is 11.0 Å². The summed E-state index contributed by atoms with van der Waals surface area (Å²) in [5, 5.41) is 0.495. The molecule has 0 amide bonds. The second-order valence-electron chi connectivity index (χ2n) is 4.96. The van der Waals surface area contributed by atoms with E-state index in [-0.39, 0.29) is 11.0 Å². The van der Waals surface area contributed by atoms with E-state index in [1.165, 1.54) is 0 Å². The van der Waals surface area contributed by atoms with Gasteiger partial charge in [-0.1, -0.05) is 23.2 Å². The lowest BCUT2D eigenvalue weighted by Crippen LogP contribution is -2.22. The Morgan fingerprint density at radius 3 is 2.70 bits per heavy atom. The van der Waals surface area contributed by atoms with Crippen LogP contribution in [0.4, 0.5) is 0 Å². The zero-order valence-electron chi connectivity index (χ0n) is 10.4. The summed E-state index contributed by atoms with van der Waals surface area (Å²) < 4.78 is 26.2. The Morgan fingerprint density at radius 2 is 2.05 bits per heavy atom. The van der Waals surface area contributed by atoms with Crippen molar-refractivity contribution in [2.45, 2.75) is 24.6 Å². The van der Waals surface area contributed by atoms with Gasteiger partial charge in [-0.15, -0.1) is 0 Å². The fourth-order valence-corrected chi connectivity index (χ4v) is 5.01. The molecule has 1 aromatic carbocycles. The van der Waals surface area contributed by atoms with E-state index in [1.807, 2.05) is 0 Å². The van der Waals surface area contributed by atoms with Crippen molar-refractivity contribution in [3.63, 3.8) is 0 Å². The molecule has 8 heteroatoms. The van der Waals surface area contributed by atoms with Crippen molar-refractivity contribution < 1.29 is 8.42 Å². The molecule has 1 aliphatic rings. The van der Waals surface area contributed by atoms with Gasteiger partial charge in [0, 0.05) is 6.54 Å². The minimum absolute atomic E-state index is 0.264. The highest BCUT2D eigenvalue weighted by molar-refractivity contribution is 7.92. The fourth-order valence-electron chi connectivity index (χ4n) is 2.60. The lowest BCUT2D eigenvalue weighted by atomic mass is 10.2. The minimum atomic E-state index is -3.01. The first kappa shape index (κ1) is 14.4. The highest BCUT2D eigenvalue weighted by Crippen LogP contribution is 2.29. The maximum atomic E-state index is 12.0. The Labute approximate surface area is 131 Å². The number of aromatic nitrogens is 2. The lowest BCUT2D eigenvalue weighted by molar-refractivity contribution is 0.568. The zero-order valence-corrected chi connectivity index (χ0v) is 13.5. The zero-order chi connectivity index (χ0) is 14.5. The summed E-state index contributed by atoms with van der Waals surface area (Å²) in [6, 6.07) is 3.42. The summed E-state index contributed by atoms with van der Waals surface area (Å²) in [6.07, 6.45) is 1.40. The van der Waals surface area contributed by atoms with Crippen LogP contribution in [0.3, 0.4) is 0 Å². The number of halogens is 2. The number of aromatic amines is 1. The van der Waals surface area contributed by atoms with E-state index >= 15 is 0 Å². The molecule has 1 N–H and O–H groups in total. The molecule has 2 heterocycles. The number of hydrogen-bond acceptors (Lipinski definition) is 3. The normalized spacial score (nSPS) is 21.6. The highest BCUT2D eigenvalue weighted by Gasteiger charge is 2.32. The molecule has 3 rings (SSSR count). The molecule has 0 saturated carbocycles. The molecule has 0 radical (unpaired) electrons. The number of nitrogens with zero attached hydrogens (tertiary/aromatic N) is 1. The molecule has 1 aromatic heterocycles. The van der Waals surface area contributed by atoms with E-state index in [9.17, 15) is 8.42 Å². The van der Waals surface area contributed by atoms with Gasteiger partial charge in [0.05, 0.1) is 32.1 Å². The van der Waals surface area contributed by atoms with E-state index in [0.717, 1.165) is 17.5 Å². The Kier molecular flexibility index (Phi) is 3.61. The summed E-state index contributed by atoms with van der Waals surface area (Å²) in [4.78, 5) is 3.04. The third kappa shape index (κ3) is 2.39. The second-order valence-corrected chi connectivity index (χ2v) is 8.56. The number of hydrogen-bond donors (Lipinski definition) is 1. The molecule has 1 saturated heterocycles. The van der Waals surface area contributed by atoms with Crippen LogP contribution in [-0.2, 0) is 16.4 Å². The minimum Gasteiger partial charge on any atom is -0.331 e. The smallest absolute Gasteiger partial charge is 0.178 e. The summed E-state index contributed by atoms with van der Waals surface area (Å²) in [7, 11) is -3.01. The number of benzene rings is 1. The largest absolute Gasteiger partial charge is 0.331 e. The summed E-state index contributed by atoms with van der Waals surface area (Å²) >= 11 is 17.3. The van der Waals surface area contributed by atoms with Gasteiger partial charge in [0.15, 0.2) is 14.6 Å². The van der Waals surface area contributed by atoms with Crippen molar-refractivity contribution in [3.05, 3.63) is 26.9 Å². The number of nitrogens with one attached hydrogen (secondary N) is 1. The van der Waals surface area contributed by atoms with Gasteiger partial charge in [-0.05, 0) is 37.2 Å². The fraction of sp³-hybridized carbons (Fsp3) is 0.417. The lowest BCUT2D eigenvalue weighted by Gasteiger charge is -2.11. The number of rotatable bonds is 2. The van der Waals surface area contributed by atoms with Crippen LogP contribution in [0, 0.1) is 4.77 Å². The number of fused-ring (bicyclic) bond motifs is 1. The predicted octanol–water partition coefficient (Wildman–Crippen LogP) is 3.58. The quantitative estimate of drug-likeness (QED) is 0.842. The van der Waals surface area contributed by atoms with Crippen LogP contribution >= 0.6 is 35.4 Å². The maximum Gasteiger partial charge on any atom is 0.178 e. The second kappa shape index (κ2) is 5.02. The number of sulfone groups is 1. The van der Waals surface area contributed by atoms with Crippen LogP contribution < -0.4 is 0 Å². The average molecular weight is 351 g/mol. The van der Waals surface area contributed by atoms with E-state index in [2.05, 4.69) is 4.98 Å². The Bertz CT molecular complexity index is 839. The van der Waals surface area contributed by atoms with Crippen molar-refractivity contribution in [2.24, 2.45) is 0 Å². The molecule has 2 aromatic rings. The Morgan fingerprint density at radius 1 is 1.35 bits per heavy atom. The molecule has 1 unspecified atom stereocenters. The SMILES string of the molecule is O=S1(=O)CCCC1Cn1c(=S)[nH]c2cc(Cl)c(Cl)cc21. The van der Waals surface area contributed by atoms with Gasteiger partial charge in [-0.3, -0.25) is 0 Å². The summed E-state index contributed by atoms with van der Waals surface area (Å²) in [5.74, 6) is 0.264. The van der Waals surface area contributed by atoms with Crippen molar-refractivity contribution in [1.29, 1.82) is 0 Å². The van der Waals surface area contributed by atoms with E-state index in [1.54, 1.807) is 16.7 Å². The van der Waals surface area contributed by atoms with Crippen LogP contribution in [0.2, 0.25) is 10.0 Å². The monoisotopic (exact) mass is 350 g/mol. The molecule has 4 nitrogen and oxygen atoms in total. The Hall–Kier alpha value is -0.560. The third-order valence-corrected chi connectivity index (χ3v) is 6.97. The van der Waals surface area contributed by atoms with E-state index in [4.69, 9.17) is 35.4 Å². The predicted molar refractivity (Wildman–Crippen MR) is 84.0 cm³/mol. The number of imidazole rings is 1. The van der Waals surface area contributed by atoms with Crippen LogP contribution in [0.1, 0.15) is 12.8 Å². The van der Waals surface area contributed by atoms with Crippen LogP contribution in [-0.4, -0.2) is 29.0 Å². The molecule has 0 aliphatic carbocycles. The number of H-pyrrole nitrogens is 1. The molecule has 1 fully saturated rings. The van der Waals surface area contributed by atoms with E-state index < -0.39 is 9.84 Å². The van der Waals surface area contributed by atoms with Crippen molar-refractivity contribution in [1.82, 2.24) is 9.55 Å². The topological polar surface area (TPSA) is 54.9 Å². The van der Waals surface area contributed by atoms with E-state index in [0.29, 0.717) is 27.8 Å².